The third-order valence-electron chi connectivity index (χ3n) is 2.86. The summed E-state index contributed by atoms with van der Waals surface area (Å²) in [4.78, 5) is 11.5. The highest BCUT2D eigenvalue weighted by molar-refractivity contribution is 6.17. The molecule has 0 saturated heterocycles. The van der Waals surface area contributed by atoms with E-state index in [1.165, 1.54) is 0 Å². The minimum atomic E-state index is -0.351. The zero-order valence-electron chi connectivity index (χ0n) is 9.04. The maximum absolute atomic E-state index is 11.5. The highest BCUT2D eigenvalue weighted by Gasteiger charge is 2.23. The number of aliphatic hydroxyl groups excluding tert-OH is 1. The van der Waals surface area contributed by atoms with Gasteiger partial charge in [-0.05, 0) is 25.7 Å². The van der Waals surface area contributed by atoms with Gasteiger partial charge in [-0.2, -0.15) is 0 Å². The van der Waals surface area contributed by atoms with Crippen LogP contribution < -0.4 is 5.32 Å². The Labute approximate surface area is 96.2 Å². The molecule has 88 valence electrons. The fourth-order valence-electron chi connectivity index (χ4n) is 1.94. The third kappa shape index (κ3) is 4.85. The van der Waals surface area contributed by atoms with Gasteiger partial charge in [0.15, 0.2) is 0 Å². The van der Waals surface area contributed by atoms with Crippen molar-refractivity contribution in [3.8, 4) is 0 Å². The van der Waals surface area contributed by atoms with Gasteiger partial charge in [0.1, 0.15) is 0 Å². The molecule has 4 heteroatoms. The molecule has 0 aromatic rings. The van der Waals surface area contributed by atoms with Crippen LogP contribution in [0.1, 0.15) is 44.9 Å². The minimum absolute atomic E-state index is 0.0257. The van der Waals surface area contributed by atoms with Crippen molar-refractivity contribution in [1.82, 2.24) is 5.32 Å². The Morgan fingerprint density at radius 1 is 1.33 bits per heavy atom. The van der Waals surface area contributed by atoms with Gasteiger partial charge in [-0.1, -0.05) is 12.8 Å². The molecule has 1 rings (SSSR count). The Morgan fingerprint density at radius 3 is 2.73 bits per heavy atom. The molecule has 1 fully saturated rings. The predicted molar refractivity (Wildman–Crippen MR) is 61.0 cm³/mol. The van der Waals surface area contributed by atoms with Gasteiger partial charge in [0.2, 0.25) is 5.91 Å². The maximum Gasteiger partial charge on any atom is 0.220 e. The summed E-state index contributed by atoms with van der Waals surface area (Å²) in [7, 11) is 0. The van der Waals surface area contributed by atoms with E-state index in [4.69, 9.17) is 11.6 Å². The Bertz CT molecular complexity index is 199. The molecule has 0 bridgehead atoms. The number of nitrogens with one attached hydrogen (secondary N) is 1. The molecule has 0 radical (unpaired) electrons. The molecule has 0 unspecified atom stereocenters. The van der Waals surface area contributed by atoms with Crippen LogP contribution in [-0.2, 0) is 4.79 Å². The van der Waals surface area contributed by atoms with E-state index in [0.717, 1.165) is 38.5 Å². The molecule has 1 aliphatic carbocycles. The summed E-state index contributed by atoms with van der Waals surface area (Å²) < 4.78 is 0. The first-order valence-corrected chi connectivity index (χ1v) is 6.31. The van der Waals surface area contributed by atoms with Gasteiger partial charge >= 0.3 is 0 Å². The van der Waals surface area contributed by atoms with E-state index in [1.807, 2.05) is 0 Å². The molecule has 15 heavy (non-hydrogen) atoms. The molecular weight excluding hydrogens is 214 g/mol. The van der Waals surface area contributed by atoms with Crippen LogP contribution in [0.15, 0.2) is 0 Å². The van der Waals surface area contributed by atoms with Crippen LogP contribution in [0.5, 0.6) is 0 Å². The van der Waals surface area contributed by atoms with Crippen LogP contribution >= 0.6 is 11.6 Å². The van der Waals surface area contributed by atoms with Gasteiger partial charge in [-0.15, -0.1) is 11.6 Å². The number of carbonyl (C=O) groups excluding carboxylic acids is 1. The lowest BCUT2D eigenvalue weighted by molar-refractivity contribution is -0.123. The van der Waals surface area contributed by atoms with Crippen LogP contribution in [-0.4, -0.2) is 29.0 Å². The number of unbranched alkanes of at least 4 members (excludes halogenated alkanes) is 1. The van der Waals surface area contributed by atoms with E-state index < -0.39 is 0 Å². The van der Waals surface area contributed by atoms with E-state index in [0.29, 0.717) is 12.3 Å². The van der Waals surface area contributed by atoms with Gasteiger partial charge in [0, 0.05) is 12.3 Å². The lowest BCUT2D eigenvalue weighted by Gasteiger charge is -2.28. The van der Waals surface area contributed by atoms with Crippen molar-refractivity contribution in [2.75, 3.05) is 5.88 Å². The van der Waals surface area contributed by atoms with E-state index in [2.05, 4.69) is 5.32 Å². The number of rotatable bonds is 5. The number of halogens is 1. The first-order valence-electron chi connectivity index (χ1n) is 5.77. The number of alkyl halides is 1. The van der Waals surface area contributed by atoms with E-state index in [9.17, 15) is 9.90 Å². The Hall–Kier alpha value is -0.280. The minimum Gasteiger partial charge on any atom is -0.391 e. The topological polar surface area (TPSA) is 49.3 Å². The van der Waals surface area contributed by atoms with Crippen LogP contribution in [0.25, 0.3) is 0 Å². The van der Waals surface area contributed by atoms with Crippen molar-refractivity contribution >= 4 is 17.5 Å². The summed E-state index contributed by atoms with van der Waals surface area (Å²) in [5.41, 5.74) is 0. The Kier molecular flexibility index (Phi) is 6.03. The number of hydrogen-bond donors (Lipinski definition) is 2. The van der Waals surface area contributed by atoms with Gasteiger partial charge in [0.05, 0.1) is 12.1 Å². The lowest BCUT2D eigenvalue weighted by atomic mass is 9.92. The average molecular weight is 234 g/mol. The van der Waals surface area contributed by atoms with E-state index >= 15 is 0 Å². The van der Waals surface area contributed by atoms with Crippen LogP contribution in [0, 0.1) is 0 Å². The van der Waals surface area contributed by atoms with E-state index in [-0.39, 0.29) is 18.1 Å². The number of hydrogen-bond acceptors (Lipinski definition) is 2. The highest BCUT2D eigenvalue weighted by Crippen LogP contribution is 2.18. The predicted octanol–water partition coefficient (Wildman–Crippen LogP) is 1.82. The van der Waals surface area contributed by atoms with Crippen molar-refractivity contribution in [1.29, 1.82) is 0 Å². The second kappa shape index (κ2) is 7.07. The molecule has 2 N–H and O–H groups in total. The summed E-state index contributed by atoms with van der Waals surface area (Å²) in [6, 6.07) is -0.0257. The molecule has 0 aliphatic heterocycles. The van der Waals surface area contributed by atoms with Gasteiger partial charge < -0.3 is 10.4 Å². The molecule has 1 saturated carbocycles. The quantitative estimate of drug-likeness (QED) is 0.562. The fraction of sp³-hybridized carbons (Fsp3) is 0.909. The molecule has 2 atom stereocenters. The summed E-state index contributed by atoms with van der Waals surface area (Å²) in [6.45, 7) is 0. The molecule has 0 aromatic heterocycles. The number of carbonyl (C=O) groups is 1. The molecule has 0 aromatic carbocycles. The molecule has 0 heterocycles. The molecular formula is C11H20ClNO2. The van der Waals surface area contributed by atoms with Crippen molar-refractivity contribution in [2.24, 2.45) is 0 Å². The van der Waals surface area contributed by atoms with E-state index in [1.54, 1.807) is 0 Å². The zero-order valence-corrected chi connectivity index (χ0v) is 9.80. The molecule has 1 amide bonds. The van der Waals surface area contributed by atoms with Gasteiger partial charge in [-0.25, -0.2) is 0 Å². The van der Waals surface area contributed by atoms with Crippen LogP contribution in [0.3, 0.4) is 0 Å². The van der Waals surface area contributed by atoms with Crippen molar-refractivity contribution in [2.45, 2.75) is 57.1 Å². The average Bonchev–Trinajstić information content (AvgIpc) is 2.22. The summed E-state index contributed by atoms with van der Waals surface area (Å²) in [5, 5.41) is 12.5. The summed E-state index contributed by atoms with van der Waals surface area (Å²) in [5.74, 6) is 0.658. The summed E-state index contributed by atoms with van der Waals surface area (Å²) >= 11 is 5.53. The smallest absolute Gasteiger partial charge is 0.220 e. The zero-order chi connectivity index (χ0) is 11.1. The maximum atomic E-state index is 11.5. The second-order valence-electron chi connectivity index (χ2n) is 4.17. The monoisotopic (exact) mass is 233 g/mol. The lowest BCUT2D eigenvalue weighted by Crippen LogP contribution is -2.44. The summed E-state index contributed by atoms with van der Waals surface area (Å²) in [6.07, 6.45) is 5.77. The van der Waals surface area contributed by atoms with Gasteiger partial charge in [-0.3, -0.25) is 4.79 Å². The third-order valence-corrected chi connectivity index (χ3v) is 3.13. The molecule has 1 aliphatic rings. The first-order chi connectivity index (χ1) is 7.24. The largest absolute Gasteiger partial charge is 0.391 e. The second-order valence-corrected chi connectivity index (χ2v) is 4.55. The van der Waals surface area contributed by atoms with Crippen molar-refractivity contribution in [3.63, 3.8) is 0 Å². The van der Waals surface area contributed by atoms with Crippen LogP contribution in [0.2, 0.25) is 0 Å². The normalized spacial score (nSPS) is 26.3. The van der Waals surface area contributed by atoms with Crippen molar-refractivity contribution < 1.29 is 9.90 Å². The fourth-order valence-corrected chi connectivity index (χ4v) is 2.13. The Balaban J connectivity index is 2.18. The molecule has 0 spiro atoms. The number of aliphatic hydroxyl groups is 1. The Morgan fingerprint density at radius 2 is 2.07 bits per heavy atom. The molecule has 3 nitrogen and oxygen atoms in total. The standard InChI is InChI=1S/C11H20ClNO2/c12-8-4-3-7-11(15)13-9-5-1-2-6-10(9)14/h9-10,14H,1-8H2,(H,13,15)/t9-,10-/m1/s1. The SMILES string of the molecule is O=C(CCCCCl)N[C@@H]1CCCC[C@H]1O. The van der Waals surface area contributed by atoms with Crippen LogP contribution in [0.4, 0.5) is 0 Å². The number of amides is 1. The van der Waals surface area contributed by atoms with Crippen molar-refractivity contribution in [3.05, 3.63) is 0 Å². The van der Waals surface area contributed by atoms with Gasteiger partial charge in [0.25, 0.3) is 0 Å². The first kappa shape index (κ1) is 12.8. The highest BCUT2D eigenvalue weighted by atomic mass is 35.5.